The molecule has 1 aromatic heterocycles. The lowest BCUT2D eigenvalue weighted by atomic mass is 10.1. The highest BCUT2D eigenvalue weighted by Crippen LogP contribution is 2.24. The molecule has 9 nitrogen and oxygen atoms in total. The van der Waals surface area contributed by atoms with Gasteiger partial charge in [0.2, 0.25) is 0 Å². The van der Waals surface area contributed by atoms with Crippen molar-refractivity contribution in [1.29, 1.82) is 0 Å². The molecule has 1 N–H and O–H groups in total. The summed E-state index contributed by atoms with van der Waals surface area (Å²) in [7, 11) is 0. The Balaban J connectivity index is 1.33. The zero-order chi connectivity index (χ0) is 24.8. The highest BCUT2D eigenvalue weighted by Gasteiger charge is 2.12. The fourth-order valence-corrected chi connectivity index (χ4v) is 3.47. The largest absolute Gasteiger partial charge is 0.489 e. The highest BCUT2D eigenvalue weighted by molar-refractivity contribution is 6.30. The van der Waals surface area contributed by atoms with Crippen molar-refractivity contribution in [3.8, 4) is 11.5 Å². The Bertz CT molecular complexity index is 1370. The van der Waals surface area contributed by atoms with Crippen LogP contribution in [0.2, 0.25) is 5.02 Å². The van der Waals surface area contributed by atoms with Crippen LogP contribution in [0.1, 0.15) is 21.5 Å². The van der Waals surface area contributed by atoms with Crippen LogP contribution in [0.5, 0.6) is 11.5 Å². The van der Waals surface area contributed by atoms with Gasteiger partial charge < -0.3 is 14.8 Å². The van der Waals surface area contributed by atoms with Crippen LogP contribution in [0.3, 0.4) is 0 Å². The number of amides is 1. The fourth-order valence-electron chi connectivity index (χ4n) is 3.29. The average molecular weight is 493 g/mol. The molecule has 0 aliphatic rings. The van der Waals surface area contributed by atoms with Crippen LogP contribution in [-0.4, -0.2) is 20.6 Å². The van der Waals surface area contributed by atoms with Crippen molar-refractivity contribution in [3.63, 3.8) is 0 Å². The van der Waals surface area contributed by atoms with Gasteiger partial charge in [0, 0.05) is 22.2 Å². The van der Waals surface area contributed by atoms with Crippen molar-refractivity contribution < 1.29 is 19.2 Å². The minimum absolute atomic E-state index is 0.0374. The summed E-state index contributed by atoms with van der Waals surface area (Å²) in [4.78, 5) is 23.2. The Morgan fingerprint density at radius 1 is 1.09 bits per heavy atom. The SMILES string of the molecule is Cc1cc(OCc2cccc(C(=O)Nc3cnn(COc4cccc(Cl)c4)c3)c2)ccc1[N+](=O)[O-]. The third kappa shape index (κ3) is 6.36. The van der Waals surface area contributed by atoms with E-state index >= 15 is 0 Å². The molecule has 10 heteroatoms. The molecule has 1 amide bonds. The molecule has 0 spiro atoms. The number of anilines is 1. The number of carbonyl (C=O) groups is 1. The summed E-state index contributed by atoms with van der Waals surface area (Å²) >= 11 is 5.95. The van der Waals surface area contributed by atoms with E-state index < -0.39 is 4.92 Å². The highest BCUT2D eigenvalue weighted by atomic mass is 35.5. The summed E-state index contributed by atoms with van der Waals surface area (Å²) < 4.78 is 12.9. The minimum atomic E-state index is -0.433. The number of hydrogen-bond donors (Lipinski definition) is 1. The summed E-state index contributed by atoms with van der Waals surface area (Å²) in [5.74, 6) is 0.824. The molecule has 0 aliphatic carbocycles. The summed E-state index contributed by atoms with van der Waals surface area (Å²) in [5, 5.41) is 18.5. The van der Waals surface area contributed by atoms with Crippen LogP contribution in [0.15, 0.2) is 79.1 Å². The first-order valence-electron chi connectivity index (χ1n) is 10.6. The number of ether oxygens (including phenoxy) is 2. The number of nitrogens with one attached hydrogen (secondary N) is 1. The van der Waals surface area contributed by atoms with E-state index in [2.05, 4.69) is 10.4 Å². The van der Waals surface area contributed by atoms with Gasteiger partial charge in [-0.2, -0.15) is 5.10 Å². The van der Waals surface area contributed by atoms with Gasteiger partial charge in [-0.1, -0.05) is 29.8 Å². The molecule has 35 heavy (non-hydrogen) atoms. The monoisotopic (exact) mass is 492 g/mol. The minimum Gasteiger partial charge on any atom is -0.489 e. The van der Waals surface area contributed by atoms with Crippen LogP contribution in [0.25, 0.3) is 0 Å². The maximum absolute atomic E-state index is 12.7. The van der Waals surface area contributed by atoms with E-state index in [1.807, 2.05) is 6.07 Å². The number of hydrogen-bond acceptors (Lipinski definition) is 6. The Morgan fingerprint density at radius 2 is 1.89 bits per heavy atom. The third-order valence-corrected chi connectivity index (χ3v) is 5.25. The van der Waals surface area contributed by atoms with Crippen LogP contribution >= 0.6 is 11.6 Å². The quantitative estimate of drug-likeness (QED) is 0.240. The van der Waals surface area contributed by atoms with Gasteiger partial charge in [0.15, 0.2) is 6.73 Å². The van der Waals surface area contributed by atoms with Crippen LogP contribution in [-0.2, 0) is 13.3 Å². The lowest BCUT2D eigenvalue weighted by Crippen LogP contribution is -2.12. The van der Waals surface area contributed by atoms with Gasteiger partial charge in [-0.3, -0.25) is 14.9 Å². The number of aromatic nitrogens is 2. The van der Waals surface area contributed by atoms with Crippen molar-refractivity contribution in [3.05, 3.63) is 111 Å². The summed E-state index contributed by atoms with van der Waals surface area (Å²) in [6.45, 7) is 2.02. The van der Waals surface area contributed by atoms with Crippen LogP contribution in [0.4, 0.5) is 11.4 Å². The zero-order valence-electron chi connectivity index (χ0n) is 18.7. The Kier molecular flexibility index (Phi) is 7.27. The Labute approximate surface area is 206 Å². The number of benzene rings is 3. The van der Waals surface area contributed by atoms with Gasteiger partial charge in [-0.25, -0.2) is 4.68 Å². The number of nitrogens with zero attached hydrogens (tertiary/aromatic N) is 3. The maximum Gasteiger partial charge on any atom is 0.272 e. The van der Waals surface area contributed by atoms with Crippen LogP contribution < -0.4 is 14.8 Å². The Morgan fingerprint density at radius 3 is 2.66 bits per heavy atom. The molecular formula is C25H21ClN4O5. The second-order valence-electron chi connectivity index (χ2n) is 7.65. The summed E-state index contributed by atoms with van der Waals surface area (Å²) in [5.41, 5.74) is 2.30. The summed E-state index contributed by atoms with van der Waals surface area (Å²) in [6.07, 6.45) is 3.19. The van der Waals surface area contributed by atoms with Crippen LogP contribution in [0, 0.1) is 17.0 Å². The smallest absolute Gasteiger partial charge is 0.272 e. The molecule has 4 rings (SSSR count). The lowest BCUT2D eigenvalue weighted by Gasteiger charge is -2.09. The predicted octanol–water partition coefficient (Wildman–Crippen LogP) is 5.62. The third-order valence-electron chi connectivity index (χ3n) is 5.01. The first kappa shape index (κ1) is 23.8. The number of rotatable bonds is 9. The number of halogens is 1. The van der Waals surface area contributed by atoms with Crippen molar-refractivity contribution >= 4 is 28.9 Å². The maximum atomic E-state index is 12.7. The second-order valence-corrected chi connectivity index (χ2v) is 8.08. The predicted molar refractivity (Wildman–Crippen MR) is 131 cm³/mol. The van der Waals surface area contributed by atoms with Crippen molar-refractivity contribution in [2.75, 3.05) is 5.32 Å². The van der Waals surface area contributed by atoms with Gasteiger partial charge in [-0.05, 0) is 55.0 Å². The van der Waals surface area contributed by atoms with E-state index in [1.165, 1.54) is 12.3 Å². The molecule has 178 valence electrons. The molecule has 0 saturated carbocycles. The van der Waals surface area contributed by atoms with E-state index in [0.717, 1.165) is 5.56 Å². The average Bonchev–Trinajstić information content (AvgIpc) is 3.28. The number of nitro benzene ring substituents is 1. The standard InChI is InChI=1S/C25H21ClN4O5/c1-17-10-23(8-9-24(17)30(32)33)34-15-18-4-2-5-19(11-18)25(31)28-21-13-27-29(14-21)16-35-22-7-3-6-20(26)12-22/h2-14H,15-16H2,1H3,(H,28,31). The molecule has 4 aromatic rings. The van der Waals surface area contributed by atoms with E-state index in [4.69, 9.17) is 21.1 Å². The molecule has 0 atom stereocenters. The molecule has 0 saturated heterocycles. The fraction of sp³-hybridized carbons (Fsp3) is 0.120. The molecule has 0 aliphatic heterocycles. The lowest BCUT2D eigenvalue weighted by molar-refractivity contribution is -0.385. The Hall–Kier alpha value is -4.37. The molecule has 0 fully saturated rings. The molecule has 0 bridgehead atoms. The van der Waals surface area contributed by atoms with Gasteiger partial charge >= 0.3 is 0 Å². The topological polar surface area (TPSA) is 109 Å². The van der Waals surface area contributed by atoms with E-state index in [-0.39, 0.29) is 24.9 Å². The first-order valence-corrected chi connectivity index (χ1v) is 10.9. The molecule has 3 aromatic carbocycles. The van der Waals surface area contributed by atoms with Gasteiger partial charge in [0.25, 0.3) is 11.6 Å². The van der Waals surface area contributed by atoms with E-state index in [0.29, 0.717) is 33.3 Å². The van der Waals surface area contributed by atoms with E-state index in [9.17, 15) is 14.9 Å². The van der Waals surface area contributed by atoms with E-state index in [1.54, 1.807) is 72.4 Å². The molecule has 0 unspecified atom stereocenters. The zero-order valence-corrected chi connectivity index (χ0v) is 19.4. The van der Waals surface area contributed by atoms with Gasteiger partial charge in [-0.15, -0.1) is 0 Å². The van der Waals surface area contributed by atoms with Crippen molar-refractivity contribution in [2.45, 2.75) is 20.3 Å². The molecule has 0 radical (unpaired) electrons. The second kappa shape index (κ2) is 10.7. The summed E-state index contributed by atoms with van der Waals surface area (Å²) in [6, 6.07) is 18.6. The number of aryl methyl sites for hydroxylation is 1. The van der Waals surface area contributed by atoms with Crippen molar-refractivity contribution in [1.82, 2.24) is 9.78 Å². The molecule has 1 heterocycles. The molecular weight excluding hydrogens is 472 g/mol. The van der Waals surface area contributed by atoms with Gasteiger partial charge in [0.05, 0.1) is 23.0 Å². The number of carbonyl (C=O) groups excluding carboxylic acids is 1. The first-order chi connectivity index (χ1) is 16.9. The van der Waals surface area contributed by atoms with Crippen molar-refractivity contribution in [2.24, 2.45) is 0 Å². The van der Waals surface area contributed by atoms with Gasteiger partial charge in [0.1, 0.15) is 18.1 Å². The number of nitro groups is 1. The normalized spacial score (nSPS) is 10.6.